The van der Waals surface area contributed by atoms with Crippen molar-refractivity contribution in [1.29, 1.82) is 0 Å². The van der Waals surface area contributed by atoms with Gasteiger partial charge in [0.05, 0.1) is 18.5 Å². The smallest absolute Gasteiger partial charge is 0.335 e. The van der Waals surface area contributed by atoms with E-state index in [1.807, 2.05) is 24.3 Å². The molecule has 0 fully saturated rings. The predicted molar refractivity (Wildman–Crippen MR) is 134 cm³/mol. The van der Waals surface area contributed by atoms with Crippen molar-refractivity contribution < 1.29 is 14.6 Å². The first-order chi connectivity index (χ1) is 16.8. The van der Waals surface area contributed by atoms with Crippen molar-refractivity contribution in [2.45, 2.75) is 25.8 Å². The Balaban J connectivity index is 1.82. The monoisotopic (exact) mass is 494 g/mol. The van der Waals surface area contributed by atoms with Crippen molar-refractivity contribution >= 4 is 34.2 Å². The Morgan fingerprint density at radius 1 is 1.17 bits per heavy atom. The number of esters is 1. The lowest BCUT2D eigenvalue weighted by Crippen LogP contribution is -2.34. The molecule has 10 heteroatoms. The lowest BCUT2D eigenvalue weighted by Gasteiger charge is -2.15. The summed E-state index contributed by atoms with van der Waals surface area (Å²) in [6.07, 6.45) is 2.21. The van der Waals surface area contributed by atoms with Crippen LogP contribution in [0.4, 0.5) is 0 Å². The van der Waals surface area contributed by atoms with Crippen LogP contribution in [0, 0.1) is 0 Å². The number of carbonyl (C=O) groups excluding carboxylic acids is 1. The van der Waals surface area contributed by atoms with Gasteiger partial charge in [0.15, 0.2) is 6.04 Å². The first-order valence-corrected chi connectivity index (χ1v) is 11.3. The Morgan fingerprint density at radius 2 is 1.89 bits per heavy atom. The number of nitrogens with one attached hydrogen (secondary N) is 2. The number of benzene rings is 2. The highest BCUT2D eigenvalue weighted by Crippen LogP contribution is 2.23. The first kappa shape index (κ1) is 24.0. The van der Waals surface area contributed by atoms with Crippen LogP contribution < -0.4 is 11.2 Å². The largest absolute Gasteiger partial charge is 0.493 e. The number of aromatic amines is 2. The summed E-state index contributed by atoms with van der Waals surface area (Å²) in [5.74, 6) is -1.18. The van der Waals surface area contributed by atoms with Gasteiger partial charge in [-0.1, -0.05) is 36.7 Å². The number of carbonyl (C=O) groups is 1. The second-order valence-corrected chi connectivity index (χ2v) is 8.24. The molecule has 3 N–H and O–H groups in total. The number of rotatable bonds is 7. The zero-order valence-corrected chi connectivity index (χ0v) is 19.8. The molecule has 0 aliphatic carbocycles. The number of nitrogens with zero attached hydrogens (tertiary/aromatic N) is 2. The van der Waals surface area contributed by atoms with Gasteiger partial charge in [-0.15, -0.1) is 0 Å². The molecule has 0 aliphatic heterocycles. The van der Waals surface area contributed by atoms with Crippen LogP contribution >= 0.6 is 11.6 Å². The van der Waals surface area contributed by atoms with Crippen LogP contribution in [0.5, 0.6) is 5.88 Å². The van der Waals surface area contributed by atoms with Gasteiger partial charge in [0.2, 0.25) is 5.88 Å². The quantitative estimate of drug-likeness (QED) is 0.268. The third kappa shape index (κ3) is 4.76. The van der Waals surface area contributed by atoms with Gasteiger partial charge >= 0.3 is 11.7 Å². The van der Waals surface area contributed by atoms with E-state index in [9.17, 15) is 19.5 Å². The van der Waals surface area contributed by atoms with Crippen LogP contribution in [0.3, 0.4) is 0 Å². The van der Waals surface area contributed by atoms with E-state index in [1.165, 1.54) is 19.2 Å². The molecule has 0 saturated carbocycles. The van der Waals surface area contributed by atoms with Gasteiger partial charge in [-0.3, -0.25) is 14.8 Å². The summed E-state index contributed by atoms with van der Waals surface area (Å²) in [5, 5.41) is 12.4. The average Bonchev–Trinajstić information content (AvgIpc) is 3.26. The molecule has 1 atom stereocenters. The summed E-state index contributed by atoms with van der Waals surface area (Å²) in [4.78, 5) is 47.8. The topological polar surface area (TPSA) is 130 Å². The summed E-state index contributed by atoms with van der Waals surface area (Å²) >= 11 is 5.93. The number of hydrogen-bond donors (Lipinski definition) is 3. The molecular weight excluding hydrogens is 472 g/mol. The Labute approximate surface area is 204 Å². The maximum atomic E-state index is 12.8. The summed E-state index contributed by atoms with van der Waals surface area (Å²) in [6, 6.07) is 12.8. The van der Waals surface area contributed by atoms with Crippen molar-refractivity contribution in [3.63, 3.8) is 0 Å². The summed E-state index contributed by atoms with van der Waals surface area (Å²) < 4.78 is 5.92. The van der Waals surface area contributed by atoms with Crippen molar-refractivity contribution in [2.24, 2.45) is 4.99 Å². The van der Waals surface area contributed by atoms with E-state index in [1.54, 1.807) is 25.3 Å². The highest BCUT2D eigenvalue weighted by molar-refractivity contribution is 6.30. The molecule has 0 saturated heterocycles. The maximum Gasteiger partial charge on any atom is 0.335 e. The van der Waals surface area contributed by atoms with Crippen LogP contribution in [0.1, 0.15) is 24.5 Å². The molecule has 9 nitrogen and oxygen atoms in total. The van der Waals surface area contributed by atoms with Crippen molar-refractivity contribution in [3.05, 3.63) is 91.7 Å². The fourth-order valence-corrected chi connectivity index (χ4v) is 4.09. The number of H-pyrrole nitrogens is 2. The fourth-order valence-electron chi connectivity index (χ4n) is 3.96. The van der Waals surface area contributed by atoms with Crippen LogP contribution in [-0.2, 0) is 16.0 Å². The number of ether oxygens (including phenoxy) is 1. The Hall–Kier alpha value is -4.11. The third-order valence-corrected chi connectivity index (χ3v) is 5.92. The number of para-hydroxylation sites is 1. The molecule has 2 heterocycles. The van der Waals surface area contributed by atoms with E-state index >= 15 is 0 Å². The van der Waals surface area contributed by atoms with Gasteiger partial charge in [-0.05, 0) is 42.3 Å². The van der Waals surface area contributed by atoms with Gasteiger partial charge in [0.25, 0.3) is 5.56 Å². The molecular formula is C25H23ClN4O5. The molecule has 0 bridgehead atoms. The summed E-state index contributed by atoms with van der Waals surface area (Å²) in [6.45, 7) is 1.73. The first-order valence-electron chi connectivity index (χ1n) is 10.9. The number of aromatic hydroxyl groups is 1. The minimum Gasteiger partial charge on any atom is -0.493 e. The standard InChI is InChI=1S/C25H23ClN4O5/c1-3-18(21-22(31)29-25(34)30(23(21)32)16-10-8-15(26)9-11-16)28-20(24(33)35-2)12-14-13-27-19-7-5-4-6-17(14)19/h4-11,13,20,27,32H,3,12H2,1-2H3,(H,29,31,34)/t20-/m0/s1. The molecule has 0 spiro atoms. The van der Waals surface area contributed by atoms with Crippen LogP contribution in [0.25, 0.3) is 16.6 Å². The van der Waals surface area contributed by atoms with Gasteiger partial charge in [0.1, 0.15) is 5.56 Å². The molecule has 4 aromatic rings. The van der Waals surface area contributed by atoms with E-state index in [-0.39, 0.29) is 24.1 Å². The normalized spacial score (nSPS) is 12.6. The van der Waals surface area contributed by atoms with Crippen LogP contribution in [0.15, 0.2) is 69.3 Å². The average molecular weight is 495 g/mol. The highest BCUT2D eigenvalue weighted by atomic mass is 35.5. The number of methoxy groups -OCH3 is 1. The van der Waals surface area contributed by atoms with E-state index in [0.29, 0.717) is 10.7 Å². The molecule has 35 heavy (non-hydrogen) atoms. The zero-order valence-electron chi connectivity index (χ0n) is 19.0. The molecule has 0 unspecified atom stereocenters. The number of hydrogen-bond acceptors (Lipinski definition) is 6. The molecule has 2 aromatic carbocycles. The van der Waals surface area contributed by atoms with Crippen molar-refractivity contribution in [2.75, 3.05) is 7.11 Å². The summed E-state index contributed by atoms with van der Waals surface area (Å²) in [5.41, 5.74) is 0.380. The number of halogens is 1. The zero-order chi connectivity index (χ0) is 25.1. The van der Waals surface area contributed by atoms with E-state index in [0.717, 1.165) is 21.0 Å². The van der Waals surface area contributed by atoms with E-state index in [4.69, 9.17) is 16.3 Å². The second-order valence-electron chi connectivity index (χ2n) is 7.80. The minimum absolute atomic E-state index is 0.154. The van der Waals surface area contributed by atoms with Crippen molar-refractivity contribution in [3.8, 4) is 11.6 Å². The van der Waals surface area contributed by atoms with Crippen LogP contribution in [0.2, 0.25) is 5.02 Å². The van der Waals surface area contributed by atoms with Gasteiger partial charge in [-0.25, -0.2) is 14.2 Å². The third-order valence-electron chi connectivity index (χ3n) is 5.67. The maximum absolute atomic E-state index is 12.8. The minimum atomic E-state index is -0.983. The van der Waals surface area contributed by atoms with Crippen molar-refractivity contribution in [1.82, 2.24) is 14.5 Å². The van der Waals surface area contributed by atoms with E-state index in [2.05, 4.69) is 15.0 Å². The Bertz CT molecular complexity index is 1530. The number of aliphatic imine (C=N–C) groups is 1. The second kappa shape index (κ2) is 10.0. The summed E-state index contributed by atoms with van der Waals surface area (Å²) in [7, 11) is 1.26. The van der Waals surface area contributed by atoms with Gasteiger partial charge < -0.3 is 14.8 Å². The lowest BCUT2D eigenvalue weighted by molar-refractivity contribution is -0.142. The van der Waals surface area contributed by atoms with Gasteiger partial charge in [-0.2, -0.15) is 0 Å². The SMILES string of the molecule is CCC(=N[C@@H](Cc1c[nH]c2ccccc12)C(=O)OC)c1c(O)n(-c2ccc(Cl)cc2)c(=O)[nH]c1=O. The number of aromatic nitrogens is 3. The molecule has 0 radical (unpaired) electrons. The van der Waals surface area contributed by atoms with Crippen LogP contribution in [-0.4, -0.2) is 44.5 Å². The highest BCUT2D eigenvalue weighted by Gasteiger charge is 2.25. The molecule has 4 rings (SSSR count). The molecule has 0 aliphatic rings. The Kier molecular flexibility index (Phi) is 6.88. The van der Waals surface area contributed by atoms with E-state index < -0.39 is 29.1 Å². The fraction of sp³-hybridized carbons (Fsp3) is 0.200. The molecule has 2 aromatic heterocycles. The lowest BCUT2D eigenvalue weighted by atomic mass is 10.0. The Morgan fingerprint density at radius 3 is 2.57 bits per heavy atom. The molecule has 0 amide bonds. The molecule has 180 valence electrons. The van der Waals surface area contributed by atoms with Gasteiger partial charge in [0, 0.05) is 28.5 Å². The number of fused-ring (bicyclic) bond motifs is 1. The predicted octanol–water partition coefficient (Wildman–Crippen LogP) is 3.35.